The Bertz CT molecular complexity index is 675. The lowest BCUT2D eigenvalue weighted by molar-refractivity contribution is -0.119. The molecule has 2 amide bonds. The fourth-order valence-electron chi connectivity index (χ4n) is 2.64. The van der Waals surface area contributed by atoms with Gasteiger partial charge in [0.05, 0.1) is 0 Å². The highest BCUT2D eigenvalue weighted by Crippen LogP contribution is 2.17. The molecule has 1 aliphatic rings. The van der Waals surface area contributed by atoms with E-state index < -0.39 is 0 Å². The number of aromatic amines is 1. The third kappa shape index (κ3) is 2.89. The molecule has 1 saturated heterocycles. The molecule has 21 heavy (non-hydrogen) atoms. The van der Waals surface area contributed by atoms with E-state index in [0.717, 1.165) is 24.8 Å². The Morgan fingerprint density at radius 1 is 1.33 bits per heavy atom. The van der Waals surface area contributed by atoms with Crippen LogP contribution in [0, 0.1) is 5.82 Å². The van der Waals surface area contributed by atoms with Crippen molar-refractivity contribution in [3.05, 3.63) is 35.8 Å². The Morgan fingerprint density at radius 3 is 2.81 bits per heavy atom. The van der Waals surface area contributed by atoms with Crippen LogP contribution in [0.2, 0.25) is 0 Å². The number of carbonyl (C=O) groups is 2. The first-order chi connectivity index (χ1) is 10.2. The number of nitrogens with one attached hydrogen (secondary N) is 2. The van der Waals surface area contributed by atoms with Gasteiger partial charge < -0.3 is 15.2 Å². The van der Waals surface area contributed by atoms with E-state index in [-0.39, 0.29) is 17.8 Å². The smallest absolute Gasteiger partial charge is 0.267 e. The van der Waals surface area contributed by atoms with Crippen LogP contribution in [0.1, 0.15) is 23.3 Å². The van der Waals surface area contributed by atoms with Crippen LogP contribution in [0.25, 0.3) is 10.9 Å². The zero-order valence-corrected chi connectivity index (χ0v) is 11.4. The number of hydrogen-bond acceptors (Lipinski definition) is 2. The van der Waals surface area contributed by atoms with E-state index in [2.05, 4.69) is 10.3 Å². The highest BCUT2D eigenvalue weighted by Gasteiger charge is 2.20. The molecule has 0 atom stereocenters. The first-order valence-electron chi connectivity index (χ1n) is 6.94. The van der Waals surface area contributed by atoms with E-state index in [9.17, 15) is 14.0 Å². The normalized spacial score (nSPS) is 16.1. The molecule has 2 N–H and O–H groups in total. The van der Waals surface area contributed by atoms with Crippen LogP contribution in [0.3, 0.4) is 0 Å². The van der Waals surface area contributed by atoms with Gasteiger partial charge >= 0.3 is 0 Å². The van der Waals surface area contributed by atoms with Crippen molar-refractivity contribution in [3.63, 3.8) is 0 Å². The number of likely N-dealkylation sites (tertiary alicyclic amines) is 1. The second-order valence-electron chi connectivity index (χ2n) is 5.30. The minimum Gasteiger partial charge on any atom is -0.351 e. The average molecular weight is 289 g/mol. The van der Waals surface area contributed by atoms with Gasteiger partial charge in [0.25, 0.3) is 5.91 Å². The summed E-state index contributed by atoms with van der Waals surface area (Å²) in [6.45, 7) is 1.32. The van der Waals surface area contributed by atoms with E-state index in [1.807, 2.05) is 0 Å². The second kappa shape index (κ2) is 5.55. The number of hydrogen-bond donors (Lipinski definition) is 2. The molecule has 2 heterocycles. The van der Waals surface area contributed by atoms with Crippen molar-refractivity contribution in [2.24, 2.45) is 0 Å². The number of carbonyl (C=O) groups excluding carboxylic acids is 2. The largest absolute Gasteiger partial charge is 0.351 e. The number of amides is 2. The Balaban J connectivity index is 1.68. The van der Waals surface area contributed by atoms with Gasteiger partial charge in [-0.25, -0.2) is 4.39 Å². The molecule has 3 rings (SSSR count). The molecule has 0 bridgehead atoms. The summed E-state index contributed by atoms with van der Waals surface area (Å²) in [6, 6.07) is 6.08. The summed E-state index contributed by atoms with van der Waals surface area (Å²) in [5.41, 5.74) is 1.16. The maximum absolute atomic E-state index is 13.1. The van der Waals surface area contributed by atoms with Gasteiger partial charge in [-0.3, -0.25) is 9.59 Å². The highest BCUT2D eigenvalue weighted by atomic mass is 19.1. The molecular formula is C15H16FN3O2. The zero-order valence-electron chi connectivity index (χ0n) is 11.4. The van der Waals surface area contributed by atoms with Crippen LogP contribution in [0.15, 0.2) is 24.3 Å². The third-order valence-electron chi connectivity index (χ3n) is 3.84. The van der Waals surface area contributed by atoms with Crippen molar-refractivity contribution in [2.75, 3.05) is 13.1 Å². The van der Waals surface area contributed by atoms with Crippen LogP contribution in [-0.4, -0.2) is 41.3 Å². The van der Waals surface area contributed by atoms with Gasteiger partial charge in [0.1, 0.15) is 11.5 Å². The topological polar surface area (TPSA) is 65.2 Å². The lowest BCUT2D eigenvalue weighted by atomic mass is 10.1. The van der Waals surface area contributed by atoms with Crippen molar-refractivity contribution in [1.82, 2.24) is 15.2 Å². The Morgan fingerprint density at radius 2 is 2.10 bits per heavy atom. The van der Waals surface area contributed by atoms with Gasteiger partial charge in [-0.2, -0.15) is 0 Å². The van der Waals surface area contributed by atoms with Crippen LogP contribution in [-0.2, 0) is 4.79 Å². The van der Waals surface area contributed by atoms with Gasteiger partial charge in [0.2, 0.25) is 6.41 Å². The SMILES string of the molecule is O=CN1CCC(NC(=O)c2cc3cc(F)ccc3[nH]2)CC1. The highest BCUT2D eigenvalue weighted by molar-refractivity contribution is 5.98. The predicted molar refractivity (Wildman–Crippen MR) is 76.4 cm³/mol. The Labute approximate surface area is 121 Å². The number of aromatic nitrogens is 1. The lowest BCUT2D eigenvalue weighted by Gasteiger charge is -2.29. The van der Waals surface area contributed by atoms with Gasteiger partial charge in [-0.1, -0.05) is 0 Å². The average Bonchev–Trinajstić information content (AvgIpc) is 2.91. The molecule has 0 unspecified atom stereocenters. The van der Waals surface area contributed by atoms with Crippen LogP contribution in [0.4, 0.5) is 4.39 Å². The first-order valence-corrected chi connectivity index (χ1v) is 6.94. The quantitative estimate of drug-likeness (QED) is 0.844. The van der Waals surface area contributed by atoms with Gasteiger partial charge in [0, 0.05) is 30.0 Å². The zero-order chi connectivity index (χ0) is 14.8. The van der Waals surface area contributed by atoms with Crippen LogP contribution in [0.5, 0.6) is 0 Å². The molecule has 6 heteroatoms. The fraction of sp³-hybridized carbons (Fsp3) is 0.333. The van der Waals surface area contributed by atoms with E-state index in [0.29, 0.717) is 24.2 Å². The summed E-state index contributed by atoms with van der Waals surface area (Å²) < 4.78 is 13.1. The molecule has 1 aromatic heterocycles. The molecule has 1 fully saturated rings. The molecule has 1 aliphatic heterocycles. The Kier molecular flexibility index (Phi) is 3.60. The number of fused-ring (bicyclic) bond motifs is 1. The maximum Gasteiger partial charge on any atom is 0.267 e. The molecule has 2 aromatic rings. The van der Waals surface area contributed by atoms with Crippen molar-refractivity contribution in [3.8, 4) is 0 Å². The number of benzene rings is 1. The molecule has 0 saturated carbocycles. The molecular weight excluding hydrogens is 273 g/mol. The van der Waals surface area contributed by atoms with E-state index in [1.165, 1.54) is 12.1 Å². The number of H-pyrrole nitrogens is 1. The number of rotatable bonds is 3. The first kappa shape index (κ1) is 13.6. The van der Waals surface area contributed by atoms with Gasteiger partial charge in [-0.05, 0) is 37.1 Å². The summed E-state index contributed by atoms with van der Waals surface area (Å²) in [7, 11) is 0. The number of nitrogens with zero attached hydrogens (tertiary/aromatic N) is 1. The molecule has 0 spiro atoms. The number of piperidine rings is 1. The van der Waals surface area contributed by atoms with Crippen LogP contribution < -0.4 is 5.32 Å². The number of halogens is 1. The summed E-state index contributed by atoms with van der Waals surface area (Å²) in [6.07, 6.45) is 2.34. The van der Waals surface area contributed by atoms with Crippen molar-refractivity contribution >= 4 is 23.2 Å². The monoisotopic (exact) mass is 289 g/mol. The molecule has 0 aliphatic carbocycles. The van der Waals surface area contributed by atoms with E-state index in [1.54, 1.807) is 17.0 Å². The molecule has 110 valence electrons. The molecule has 0 radical (unpaired) electrons. The molecule has 1 aromatic carbocycles. The summed E-state index contributed by atoms with van der Waals surface area (Å²) in [5.74, 6) is -0.522. The maximum atomic E-state index is 13.1. The van der Waals surface area contributed by atoms with E-state index >= 15 is 0 Å². The predicted octanol–water partition coefficient (Wildman–Crippen LogP) is 1.66. The summed E-state index contributed by atoms with van der Waals surface area (Å²) in [5, 5.41) is 3.63. The van der Waals surface area contributed by atoms with E-state index in [4.69, 9.17) is 0 Å². The summed E-state index contributed by atoms with van der Waals surface area (Å²) in [4.78, 5) is 27.5. The summed E-state index contributed by atoms with van der Waals surface area (Å²) >= 11 is 0. The van der Waals surface area contributed by atoms with Gasteiger partial charge in [0.15, 0.2) is 0 Å². The minimum atomic E-state index is -0.324. The van der Waals surface area contributed by atoms with Gasteiger partial charge in [-0.15, -0.1) is 0 Å². The third-order valence-corrected chi connectivity index (χ3v) is 3.84. The van der Waals surface area contributed by atoms with Crippen LogP contribution >= 0.6 is 0 Å². The standard InChI is InChI=1S/C15H16FN3O2/c16-11-1-2-13-10(7-11)8-14(18-13)15(21)17-12-3-5-19(9-20)6-4-12/h1-2,7-9,12,18H,3-6H2,(H,17,21). The fourth-order valence-corrected chi connectivity index (χ4v) is 2.64. The van der Waals surface area contributed by atoms with Crippen molar-refractivity contribution in [2.45, 2.75) is 18.9 Å². The van der Waals surface area contributed by atoms with Crippen molar-refractivity contribution < 1.29 is 14.0 Å². The minimum absolute atomic E-state index is 0.0665. The second-order valence-corrected chi connectivity index (χ2v) is 5.30. The lowest BCUT2D eigenvalue weighted by Crippen LogP contribution is -2.44. The Hall–Kier alpha value is -2.37. The van der Waals surface area contributed by atoms with Crippen molar-refractivity contribution in [1.29, 1.82) is 0 Å². The molecule has 5 nitrogen and oxygen atoms in total.